The monoisotopic (exact) mass is 586 g/mol. The van der Waals surface area contributed by atoms with E-state index in [2.05, 4.69) is 37.3 Å². The van der Waals surface area contributed by atoms with Gasteiger partial charge in [0.15, 0.2) is 0 Å². The predicted molar refractivity (Wildman–Crippen MR) is 159 cm³/mol. The average molecular weight is 587 g/mol. The number of fused-ring (bicyclic) bond motifs is 1. The lowest BCUT2D eigenvalue weighted by Crippen LogP contribution is -2.29. The maximum atomic E-state index is 13.8. The normalized spacial score (nSPS) is 14.5. The summed E-state index contributed by atoms with van der Waals surface area (Å²) < 4.78 is 15.7. The smallest absolute Gasteiger partial charge is 0.141 e. The molecule has 8 nitrogen and oxygen atoms in total. The number of aromatic nitrogens is 4. The summed E-state index contributed by atoms with van der Waals surface area (Å²) in [6, 6.07) is 20.1. The van der Waals surface area contributed by atoms with Crippen molar-refractivity contribution in [2.75, 3.05) is 23.7 Å². The zero-order chi connectivity index (χ0) is 28.3. The van der Waals surface area contributed by atoms with E-state index in [0.29, 0.717) is 44.6 Å². The highest BCUT2D eigenvalue weighted by Crippen LogP contribution is 2.37. The van der Waals surface area contributed by atoms with Gasteiger partial charge in [0, 0.05) is 23.0 Å². The van der Waals surface area contributed by atoms with Gasteiger partial charge in [0.05, 0.1) is 45.1 Å². The summed E-state index contributed by atoms with van der Waals surface area (Å²) in [4.78, 5) is 4.44. The highest BCUT2D eigenvalue weighted by molar-refractivity contribution is 6.36. The maximum absolute atomic E-state index is 13.8. The van der Waals surface area contributed by atoms with E-state index in [1.807, 2.05) is 47.3 Å². The van der Waals surface area contributed by atoms with E-state index in [0.717, 1.165) is 37.2 Å². The van der Waals surface area contributed by atoms with Gasteiger partial charge >= 0.3 is 0 Å². The standard InChI is InChI=1S/C30H25Cl2FN8/c31-24-13-20(6-7-26(24)33)37-28-19(15-34)16-36-30-23(28)12-21(14-25(30)32)38-29(18-4-2-1-3-5-18)27-17-41(40-39-27)22-8-10-35-11-9-22/h1-7,12-14,16-17,22,29,35,38H,8-11H2,(H,36,37). The SMILES string of the molecule is N#Cc1cnc2c(Cl)cc(NC(c3ccccc3)c3cn(C4CCNCC4)nn3)cc2c1Nc1ccc(F)c(Cl)c1. The van der Waals surface area contributed by atoms with E-state index in [1.54, 1.807) is 12.1 Å². The Morgan fingerprint density at radius 2 is 1.80 bits per heavy atom. The van der Waals surface area contributed by atoms with Crippen LogP contribution in [-0.2, 0) is 0 Å². The molecule has 206 valence electrons. The highest BCUT2D eigenvalue weighted by atomic mass is 35.5. The minimum absolute atomic E-state index is 0.0319. The van der Waals surface area contributed by atoms with Crippen molar-refractivity contribution in [3.05, 3.63) is 106 Å². The number of piperidine rings is 1. The van der Waals surface area contributed by atoms with Crippen LogP contribution >= 0.6 is 23.2 Å². The van der Waals surface area contributed by atoms with Gasteiger partial charge in [-0.25, -0.2) is 9.07 Å². The Kier molecular flexibility index (Phi) is 7.70. The van der Waals surface area contributed by atoms with Gasteiger partial charge in [-0.05, 0) is 61.8 Å². The second kappa shape index (κ2) is 11.7. The molecule has 3 aromatic carbocycles. The van der Waals surface area contributed by atoms with Crippen molar-refractivity contribution in [1.82, 2.24) is 25.3 Å². The van der Waals surface area contributed by atoms with Crippen LogP contribution in [0, 0.1) is 17.1 Å². The summed E-state index contributed by atoms with van der Waals surface area (Å²) in [7, 11) is 0. The number of rotatable bonds is 7. The van der Waals surface area contributed by atoms with Crippen LogP contribution in [0.1, 0.15) is 41.7 Å². The third-order valence-electron chi connectivity index (χ3n) is 7.18. The van der Waals surface area contributed by atoms with Gasteiger partial charge in [0.2, 0.25) is 0 Å². The number of nitrogens with zero attached hydrogens (tertiary/aromatic N) is 5. The van der Waals surface area contributed by atoms with Gasteiger partial charge in [-0.3, -0.25) is 4.98 Å². The van der Waals surface area contributed by atoms with Crippen LogP contribution in [0.4, 0.5) is 21.5 Å². The number of nitrogens with one attached hydrogen (secondary N) is 3. The molecule has 2 aromatic heterocycles. The molecule has 3 N–H and O–H groups in total. The molecule has 1 saturated heterocycles. The summed E-state index contributed by atoms with van der Waals surface area (Å²) >= 11 is 12.7. The largest absolute Gasteiger partial charge is 0.373 e. The van der Waals surface area contributed by atoms with Crippen LogP contribution in [0.15, 0.2) is 73.1 Å². The Labute approximate surface area is 246 Å². The lowest BCUT2D eigenvalue weighted by Gasteiger charge is -2.22. The summed E-state index contributed by atoms with van der Waals surface area (Å²) in [6.07, 6.45) is 5.45. The average Bonchev–Trinajstić information content (AvgIpc) is 3.49. The van der Waals surface area contributed by atoms with Crippen molar-refractivity contribution in [3.8, 4) is 6.07 Å². The van der Waals surface area contributed by atoms with Crippen LogP contribution < -0.4 is 16.0 Å². The molecule has 0 bridgehead atoms. The number of anilines is 3. The quantitative estimate of drug-likeness (QED) is 0.188. The van der Waals surface area contributed by atoms with Crippen molar-refractivity contribution in [2.24, 2.45) is 0 Å². The van der Waals surface area contributed by atoms with Crippen molar-refractivity contribution in [2.45, 2.75) is 24.9 Å². The number of nitriles is 1. The molecular formula is C30H25Cl2FN8. The molecule has 0 amide bonds. The summed E-state index contributed by atoms with van der Waals surface area (Å²) in [5.41, 5.74) is 4.30. The van der Waals surface area contributed by atoms with E-state index in [9.17, 15) is 9.65 Å². The number of pyridine rings is 1. The maximum Gasteiger partial charge on any atom is 0.141 e. The van der Waals surface area contributed by atoms with Crippen LogP contribution in [0.25, 0.3) is 10.9 Å². The molecule has 11 heteroatoms. The third-order valence-corrected chi connectivity index (χ3v) is 7.76. The third kappa shape index (κ3) is 5.68. The minimum Gasteiger partial charge on any atom is -0.373 e. The molecule has 1 aliphatic heterocycles. The predicted octanol–water partition coefficient (Wildman–Crippen LogP) is 7.01. The molecule has 1 aliphatic rings. The molecule has 3 heterocycles. The number of hydrogen-bond donors (Lipinski definition) is 3. The van der Waals surface area contributed by atoms with Gasteiger partial charge in [-0.15, -0.1) is 5.10 Å². The van der Waals surface area contributed by atoms with Crippen LogP contribution in [0.5, 0.6) is 0 Å². The Hall–Kier alpha value is -4.23. The first-order chi connectivity index (χ1) is 20.0. The van der Waals surface area contributed by atoms with Crippen molar-refractivity contribution in [3.63, 3.8) is 0 Å². The summed E-state index contributed by atoms with van der Waals surface area (Å²) in [5, 5.41) is 30.1. The molecule has 0 aliphatic carbocycles. The van der Waals surface area contributed by atoms with E-state index >= 15 is 0 Å². The highest BCUT2D eigenvalue weighted by Gasteiger charge is 2.23. The molecule has 5 aromatic rings. The Morgan fingerprint density at radius 1 is 1.02 bits per heavy atom. The van der Waals surface area contributed by atoms with E-state index < -0.39 is 5.82 Å². The lowest BCUT2D eigenvalue weighted by atomic mass is 10.0. The number of halogens is 3. The van der Waals surface area contributed by atoms with Crippen molar-refractivity contribution >= 4 is 51.2 Å². The topological polar surface area (TPSA) is 103 Å². The Morgan fingerprint density at radius 3 is 2.56 bits per heavy atom. The fraction of sp³-hybridized carbons (Fsp3) is 0.200. The number of hydrogen-bond acceptors (Lipinski definition) is 7. The Bertz CT molecular complexity index is 1750. The van der Waals surface area contributed by atoms with Gasteiger partial charge in [0.25, 0.3) is 0 Å². The molecule has 0 saturated carbocycles. The molecule has 0 radical (unpaired) electrons. The first-order valence-electron chi connectivity index (χ1n) is 13.2. The second-order valence-electron chi connectivity index (χ2n) is 9.86. The van der Waals surface area contributed by atoms with Gasteiger partial charge in [0.1, 0.15) is 17.6 Å². The van der Waals surface area contributed by atoms with Crippen molar-refractivity contribution < 1.29 is 4.39 Å². The minimum atomic E-state index is -0.532. The fourth-order valence-electron chi connectivity index (χ4n) is 5.09. The molecule has 0 spiro atoms. The molecule has 1 unspecified atom stereocenters. The summed E-state index contributed by atoms with van der Waals surface area (Å²) in [6.45, 7) is 1.91. The van der Waals surface area contributed by atoms with Gasteiger partial charge in [-0.1, -0.05) is 58.7 Å². The molecule has 41 heavy (non-hydrogen) atoms. The zero-order valence-electron chi connectivity index (χ0n) is 21.8. The van der Waals surface area contributed by atoms with Crippen molar-refractivity contribution in [1.29, 1.82) is 5.26 Å². The first-order valence-corrected chi connectivity index (χ1v) is 13.9. The molecular weight excluding hydrogens is 562 g/mol. The fourth-order valence-corrected chi connectivity index (χ4v) is 5.54. The molecule has 1 atom stereocenters. The van der Waals surface area contributed by atoms with E-state index in [4.69, 9.17) is 23.2 Å². The van der Waals surface area contributed by atoms with E-state index in [1.165, 1.54) is 18.3 Å². The molecule has 1 fully saturated rings. The second-order valence-corrected chi connectivity index (χ2v) is 10.7. The Balaban J connectivity index is 1.41. The molecule has 6 rings (SSSR count). The first kappa shape index (κ1) is 27.0. The van der Waals surface area contributed by atoms with Crippen LogP contribution in [0.3, 0.4) is 0 Å². The van der Waals surface area contributed by atoms with Crippen LogP contribution in [0.2, 0.25) is 10.0 Å². The number of benzene rings is 3. The lowest BCUT2D eigenvalue weighted by molar-refractivity contribution is 0.337. The van der Waals surface area contributed by atoms with Crippen LogP contribution in [-0.4, -0.2) is 33.1 Å². The van der Waals surface area contributed by atoms with Gasteiger partial charge < -0.3 is 16.0 Å². The zero-order valence-corrected chi connectivity index (χ0v) is 23.3. The summed E-state index contributed by atoms with van der Waals surface area (Å²) in [5.74, 6) is -0.532. The van der Waals surface area contributed by atoms with Gasteiger partial charge in [-0.2, -0.15) is 5.26 Å². The van der Waals surface area contributed by atoms with E-state index in [-0.39, 0.29) is 11.1 Å².